The van der Waals surface area contributed by atoms with E-state index in [-0.39, 0.29) is 16.7 Å². The molecule has 3 rings (SSSR count). The molecular weight excluding hydrogens is 410 g/mol. The van der Waals surface area contributed by atoms with Crippen LogP contribution >= 0.6 is 0 Å². The molecule has 33 heavy (non-hydrogen) atoms. The third kappa shape index (κ3) is 6.22. The van der Waals surface area contributed by atoms with Crippen molar-refractivity contribution in [2.45, 2.75) is 52.4 Å². The number of amides is 1. The highest BCUT2D eigenvalue weighted by molar-refractivity contribution is 5.96. The zero-order valence-electron chi connectivity index (χ0n) is 20.2. The van der Waals surface area contributed by atoms with Gasteiger partial charge in [-0.2, -0.15) is 5.10 Å². The van der Waals surface area contributed by atoms with Crippen molar-refractivity contribution in [2.24, 2.45) is 5.10 Å². The molecule has 0 unspecified atom stereocenters. The number of hydrogen-bond donors (Lipinski definition) is 3. The van der Waals surface area contributed by atoms with Gasteiger partial charge in [0.2, 0.25) is 0 Å². The number of carbonyl (C=O) groups excluding carboxylic acids is 1. The van der Waals surface area contributed by atoms with Gasteiger partial charge in [0.15, 0.2) is 0 Å². The lowest BCUT2D eigenvalue weighted by Gasteiger charge is -2.27. The Morgan fingerprint density at radius 3 is 1.97 bits per heavy atom. The molecule has 5 heteroatoms. The van der Waals surface area contributed by atoms with Crippen LogP contribution in [-0.4, -0.2) is 17.2 Å². The molecule has 0 saturated carbocycles. The Kier molecular flexibility index (Phi) is 6.92. The molecule has 0 heterocycles. The minimum Gasteiger partial charge on any atom is -0.507 e. The van der Waals surface area contributed by atoms with E-state index in [0.29, 0.717) is 11.3 Å². The number of nitrogens with one attached hydrogen (secondary N) is 2. The highest BCUT2D eigenvalue weighted by Gasteiger charge is 2.26. The summed E-state index contributed by atoms with van der Waals surface area (Å²) in [6.07, 6.45) is 1.62. The van der Waals surface area contributed by atoms with Gasteiger partial charge in [0.1, 0.15) is 5.75 Å². The molecule has 0 bridgehead atoms. The van der Waals surface area contributed by atoms with Crippen molar-refractivity contribution < 1.29 is 9.90 Å². The van der Waals surface area contributed by atoms with Gasteiger partial charge >= 0.3 is 0 Å². The molecule has 0 fully saturated rings. The lowest BCUT2D eigenvalue weighted by atomic mass is 9.78. The molecular formula is C28H33N3O2. The first-order valence-electron chi connectivity index (χ1n) is 11.1. The highest BCUT2D eigenvalue weighted by Crippen LogP contribution is 2.39. The summed E-state index contributed by atoms with van der Waals surface area (Å²) in [5.41, 5.74) is 6.94. The quantitative estimate of drug-likeness (QED) is 0.311. The summed E-state index contributed by atoms with van der Waals surface area (Å²) in [5, 5.41) is 18.3. The first-order chi connectivity index (χ1) is 15.4. The fourth-order valence-electron chi connectivity index (χ4n) is 3.53. The number of carbonyl (C=O) groups is 1. The van der Waals surface area contributed by atoms with Crippen LogP contribution in [0.2, 0.25) is 0 Å². The van der Waals surface area contributed by atoms with Gasteiger partial charge in [-0.05, 0) is 58.9 Å². The van der Waals surface area contributed by atoms with Crippen LogP contribution in [0.15, 0.2) is 71.8 Å². The van der Waals surface area contributed by atoms with Crippen molar-refractivity contribution >= 4 is 23.5 Å². The van der Waals surface area contributed by atoms with E-state index < -0.39 is 0 Å². The predicted octanol–water partition coefficient (Wildman–Crippen LogP) is 6.49. The number of anilines is 2. The summed E-state index contributed by atoms with van der Waals surface area (Å²) in [6, 6.07) is 20.9. The Balaban J connectivity index is 1.78. The predicted molar refractivity (Wildman–Crippen MR) is 137 cm³/mol. The Labute approximate surface area is 196 Å². The van der Waals surface area contributed by atoms with Gasteiger partial charge in [0, 0.05) is 28.1 Å². The average Bonchev–Trinajstić information content (AvgIpc) is 2.74. The van der Waals surface area contributed by atoms with E-state index in [1.165, 1.54) is 0 Å². The number of nitrogens with zero attached hydrogens (tertiary/aromatic N) is 1. The van der Waals surface area contributed by atoms with Gasteiger partial charge in [-0.1, -0.05) is 65.8 Å². The number of phenols is 1. The van der Waals surface area contributed by atoms with E-state index in [1.807, 2.05) is 54.6 Å². The largest absolute Gasteiger partial charge is 0.507 e. The molecule has 3 aromatic carbocycles. The van der Waals surface area contributed by atoms with Gasteiger partial charge in [0.05, 0.1) is 6.21 Å². The fraction of sp³-hybridized carbons (Fsp3) is 0.286. The lowest BCUT2D eigenvalue weighted by Crippen LogP contribution is -2.19. The third-order valence-corrected chi connectivity index (χ3v) is 5.32. The summed E-state index contributed by atoms with van der Waals surface area (Å²) in [6.45, 7) is 12.4. The fourth-order valence-corrected chi connectivity index (χ4v) is 3.53. The molecule has 0 aromatic heterocycles. The second kappa shape index (κ2) is 9.49. The van der Waals surface area contributed by atoms with E-state index in [4.69, 9.17) is 0 Å². The SMILES string of the molecule is CC(C)(C)c1cc(C=NNC(=O)c2cccc(Nc3ccccc3)c2)cc(C(C)(C)C)c1O. The molecule has 1 amide bonds. The number of rotatable bonds is 5. The van der Waals surface area contributed by atoms with Crippen molar-refractivity contribution in [3.05, 3.63) is 89.0 Å². The summed E-state index contributed by atoms with van der Waals surface area (Å²) < 4.78 is 0. The molecule has 0 saturated heterocycles. The van der Waals surface area contributed by atoms with E-state index in [1.54, 1.807) is 18.3 Å². The minimum atomic E-state index is -0.297. The lowest BCUT2D eigenvalue weighted by molar-refractivity contribution is 0.0955. The van der Waals surface area contributed by atoms with Crippen molar-refractivity contribution in [1.82, 2.24) is 5.43 Å². The third-order valence-electron chi connectivity index (χ3n) is 5.32. The van der Waals surface area contributed by atoms with E-state index in [2.05, 4.69) is 57.4 Å². The Bertz CT molecular complexity index is 1120. The molecule has 0 aliphatic rings. The minimum absolute atomic E-state index is 0.233. The van der Waals surface area contributed by atoms with Gasteiger partial charge in [-0.25, -0.2) is 5.43 Å². The van der Waals surface area contributed by atoms with Crippen molar-refractivity contribution in [3.8, 4) is 5.75 Å². The van der Waals surface area contributed by atoms with Crippen molar-refractivity contribution in [2.75, 3.05) is 5.32 Å². The Morgan fingerprint density at radius 2 is 1.39 bits per heavy atom. The zero-order valence-corrected chi connectivity index (χ0v) is 20.2. The summed E-state index contributed by atoms with van der Waals surface area (Å²) in [7, 11) is 0. The van der Waals surface area contributed by atoms with Gasteiger partial charge < -0.3 is 10.4 Å². The van der Waals surface area contributed by atoms with Crippen LogP contribution in [0.25, 0.3) is 0 Å². The van der Waals surface area contributed by atoms with Crippen LogP contribution in [-0.2, 0) is 10.8 Å². The maximum absolute atomic E-state index is 12.7. The van der Waals surface area contributed by atoms with E-state index >= 15 is 0 Å². The molecule has 0 atom stereocenters. The standard InChI is InChI=1S/C28H33N3O2/c1-27(2,3)23-15-19(16-24(25(23)32)28(4,5)6)18-29-31-26(33)20-11-10-14-22(17-20)30-21-12-8-7-9-13-21/h7-18,30,32H,1-6H3,(H,31,33). The second-order valence-electron chi connectivity index (χ2n) is 10.2. The maximum atomic E-state index is 12.7. The molecule has 3 aromatic rings. The number of hydrazone groups is 1. The van der Waals surface area contributed by atoms with Crippen LogP contribution in [0.4, 0.5) is 11.4 Å². The molecule has 3 N–H and O–H groups in total. The molecule has 5 nitrogen and oxygen atoms in total. The smallest absolute Gasteiger partial charge is 0.271 e. The molecule has 0 spiro atoms. The number of benzene rings is 3. The van der Waals surface area contributed by atoms with Crippen LogP contribution in [0.5, 0.6) is 5.75 Å². The molecule has 0 aliphatic heterocycles. The number of aromatic hydroxyl groups is 1. The molecule has 172 valence electrons. The number of hydrogen-bond acceptors (Lipinski definition) is 4. The maximum Gasteiger partial charge on any atom is 0.271 e. The summed E-state index contributed by atoms with van der Waals surface area (Å²) >= 11 is 0. The van der Waals surface area contributed by atoms with Crippen LogP contribution in [0.3, 0.4) is 0 Å². The van der Waals surface area contributed by atoms with Crippen LogP contribution in [0.1, 0.15) is 68.6 Å². The first kappa shape index (κ1) is 24.1. The van der Waals surface area contributed by atoms with Gasteiger partial charge in [-0.3, -0.25) is 4.79 Å². The van der Waals surface area contributed by atoms with Gasteiger partial charge in [0.25, 0.3) is 5.91 Å². The monoisotopic (exact) mass is 443 g/mol. The van der Waals surface area contributed by atoms with Crippen molar-refractivity contribution in [1.29, 1.82) is 0 Å². The zero-order chi connectivity index (χ0) is 24.2. The molecule has 0 aliphatic carbocycles. The Morgan fingerprint density at radius 1 is 0.818 bits per heavy atom. The molecule has 0 radical (unpaired) electrons. The van der Waals surface area contributed by atoms with E-state index in [0.717, 1.165) is 28.1 Å². The van der Waals surface area contributed by atoms with Gasteiger partial charge in [-0.15, -0.1) is 0 Å². The number of phenolic OH excluding ortho intramolecular Hbond substituents is 1. The highest BCUT2D eigenvalue weighted by atomic mass is 16.3. The van der Waals surface area contributed by atoms with Crippen LogP contribution < -0.4 is 10.7 Å². The van der Waals surface area contributed by atoms with Crippen LogP contribution in [0, 0.1) is 0 Å². The first-order valence-corrected chi connectivity index (χ1v) is 11.1. The topological polar surface area (TPSA) is 73.7 Å². The second-order valence-corrected chi connectivity index (χ2v) is 10.2. The normalized spacial score (nSPS) is 12.1. The van der Waals surface area contributed by atoms with Crippen molar-refractivity contribution in [3.63, 3.8) is 0 Å². The van der Waals surface area contributed by atoms with E-state index in [9.17, 15) is 9.90 Å². The summed E-state index contributed by atoms with van der Waals surface area (Å²) in [5.74, 6) is 0.0211. The average molecular weight is 444 g/mol. The Hall–Kier alpha value is -3.60. The summed E-state index contributed by atoms with van der Waals surface area (Å²) in [4.78, 5) is 12.7. The number of para-hydroxylation sites is 1.